The largest absolute Gasteiger partial charge is 0.444 e. The van der Waals surface area contributed by atoms with Crippen LogP contribution in [-0.4, -0.2) is 67.3 Å². The van der Waals surface area contributed by atoms with Crippen LogP contribution in [0, 0.1) is 6.92 Å². The molecule has 1 amide bonds. The minimum Gasteiger partial charge on any atom is -0.444 e. The SMILES string of the molecule is Cc1cccc(-c2c(-c3ccnc(Cl)c3)nc(N3CCN(C(=O)OC(C)(C)C)CC3)n3cnnc23)c1. The molecule has 0 aliphatic carbocycles. The number of aryl methyl sites for hydroxylation is 1. The monoisotopic (exact) mass is 505 g/mol. The molecule has 0 saturated carbocycles. The first-order valence-electron chi connectivity index (χ1n) is 11.9. The lowest BCUT2D eigenvalue weighted by molar-refractivity contribution is 0.0240. The highest BCUT2D eigenvalue weighted by molar-refractivity contribution is 6.29. The van der Waals surface area contributed by atoms with Crippen LogP contribution < -0.4 is 4.90 Å². The summed E-state index contributed by atoms with van der Waals surface area (Å²) in [6.45, 7) is 9.91. The summed E-state index contributed by atoms with van der Waals surface area (Å²) in [7, 11) is 0. The third kappa shape index (κ3) is 4.83. The topological polar surface area (TPSA) is 88.8 Å². The highest BCUT2D eigenvalue weighted by Crippen LogP contribution is 2.36. The molecule has 4 aromatic rings. The summed E-state index contributed by atoms with van der Waals surface area (Å²) in [5.41, 5.74) is 4.74. The quantitative estimate of drug-likeness (QED) is 0.367. The Bertz CT molecular complexity index is 1420. The molecule has 10 heteroatoms. The molecule has 5 rings (SSSR count). The predicted octanol–water partition coefficient (Wildman–Crippen LogP) is 4.87. The number of carbonyl (C=O) groups is 1. The molecular weight excluding hydrogens is 478 g/mol. The summed E-state index contributed by atoms with van der Waals surface area (Å²) >= 11 is 6.26. The van der Waals surface area contributed by atoms with E-state index in [1.165, 1.54) is 0 Å². The molecule has 0 N–H and O–H groups in total. The lowest BCUT2D eigenvalue weighted by atomic mass is 9.99. The normalized spacial score (nSPS) is 14.4. The second kappa shape index (κ2) is 9.39. The summed E-state index contributed by atoms with van der Waals surface area (Å²) in [5, 5.41) is 9.10. The van der Waals surface area contributed by atoms with Crippen LogP contribution in [0.2, 0.25) is 5.15 Å². The van der Waals surface area contributed by atoms with Crippen molar-refractivity contribution in [2.45, 2.75) is 33.3 Å². The average Bonchev–Trinajstić information content (AvgIpc) is 3.32. The van der Waals surface area contributed by atoms with E-state index < -0.39 is 5.60 Å². The van der Waals surface area contributed by atoms with Crippen LogP contribution >= 0.6 is 11.6 Å². The third-order valence-electron chi connectivity index (χ3n) is 5.96. The molecular formula is C26H28ClN7O2. The highest BCUT2D eigenvalue weighted by Gasteiger charge is 2.29. The van der Waals surface area contributed by atoms with Crippen LogP contribution in [0.5, 0.6) is 0 Å². The standard InChI is InChI=1S/C26H28ClN7O2/c1-17-6-5-7-18(14-17)21-22(19-8-9-28-20(27)15-19)30-24(34-16-29-31-23(21)34)32-10-12-33(13-11-32)25(35)36-26(2,3)4/h5-9,14-16H,10-13H2,1-4H3. The molecule has 9 nitrogen and oxygen atoms in total. The molecule has 0 radical (unpaired) electrons. The van der Waals surface area contributed by atoms with Crippen LogP contribution in [0.1, 0.15) is 26.3 Å². The van der Waals surface area contributed by atoms with Crippen molar-refractivity contribution in [3.05, 3.63) is 59.6 Å². The molecule has 1 fully saturated rings. The first kappa shape index (κ1) is 24.0. The number of fused-ring (bicyclic) bond motifs is 1. The number of hydrogen-bond donors (Lipinski definition) is 0. The molecule has 0 bridgehead atoms. The molecule has 0 unspecified atom stereocenters. The summed E-state index contributed by atoms with van der Waals surface area (Å²) in [6.07, 6.45) is 3.05. The number of aromatic nitrogens is 5. The van der Waals surface area contributed by atoms with Crippen molar-refractivity contribution in [3.63, 3.8) is 0 Å². The van der Waals surface area contributed by atoms with E-state index in [-0.39, 0.29) is 6.09 Å². The van der Waals surface area contributed by atoms with Gasteiger partial charge in [0.05, 0.1) is 11.3 Å². The number of anilines is 1. The molecule has 36 heavy (non-hydrogen) atoms. The third-order valence-corrected chi connectivity index (χ3v) is 6.16. The molecule has 3 aromatic heterocycles. The Morgan fingerprint density at radius 1 is 1.06 bits per heavy atom. The van der Waals surface area contributed by atoms with Crippen LogP contribution in [0.25, 0.3) is 28.0 Å². The Morgan fingerprint density at radius 3 is 2.53 bits per heavy atom. The predicted molar refractivity (Wildman–Crippen MR) is 139 cm³/mol. The van der Waals surface area contributed by atoms with Gasteiger partial charge in [0.25, 0.3) is 0 Å². The lowest BCUT2D eigenvalue weighted by Crippen LogP contribution is -2.50. The van der Waals surface area contributed by atoms with Gasteiger partial charge >= 0.3 is 6.09 Å². The zero-order chi connectivity index (χ0) is 25.4. The molecule has 0 spiro atoms. The molecule has 1 saturated heterocycles. The zero-order valence-electron chi connectivity index (χ0n) is 20.8. The van der Waals surface area contributed by atoms with Crippen molar-refractivity contribution in [2.24, 2.45) is 0 Å². The Kier molecular flexibility index (Phi) is 6.26. The van der Waals surface area contributed by atoms with Crippen LogP contribution in [0.4, 0.5) is 10.7 Å². The van der Waals surface area contributed by atoms with Crippen molar-refractivity contribution < 1.29 is 9.53 Å². The van der Waals surface area contributed by atoms with Gasteiger partial charge in [-0.05, 0) is 45.4 Å². The number of piperazine rings is 1. The maximum atomic E-state index is 12.6. The second-order valence-electron chi connectivity index (χ2n) is 9.85. The van der Waals surface area contributed by atoms with E-state index in [1.54, 1.807) is 23.5 Å². The first-order chi connectivity index (χ1) is 17.2. The van der Waals surface area contributed by atoms with Crippen molar-refractivity contribution in [1.29, 1.82) is 0 Å². The number of hydrogen-bond acceptors (Lipinski definition) is 7. The number of ether oxygens (including phenoxy) is 1. The summed E-state index contributed by atoms with van der Waals surface area (Å²) < 4.78 is 7.46. The Labute approximate surface area is 214 Å². The van der Waals surface area contributed by atoms with E-state index in [1.807, 2.05) is 43.4 Å². The van der Waals surface area contributed by atoms with Crippen LogP contribution in [0.3, 0.4) is 0 Å². The van der Waals surface area contributed by atoms with Gasteiger partial charge in [0, 0.05) is 37.9 Å². The van der Waals surface area contributed by atoms with Gasteiger partial charge < -0.3 is 14.5 Å². The maximum absolute atomic E-state index is 12.6. The van der Waals surface area contributed by atoms with E-state index >= 15 is 0 Å². The summed E-state index contributed by atoms with van der Waals surface area (Å²) in [5.74, 6) is 0.707. The fourth-order valence-corrected chi connectivity index (χ4v) is 4.51. The molecule has 186 valence electrons. The lowest BCUT2D eigenvalue weighted by Gasteiger charge is -2.36. The Balaban J connectivity index is 1.57. The van der Waals surface area contributed by atoms with Gasteiger partial charge in [-0.1, -0.05) is 41.4 Å². The van der Waals surface area contributed by atoms with Crippen molar-refractivity contribution in [1.82, 2.24) is 29.5 Å². The smallest absolute Gasteiger partial charge is 0.410 e. The van der Waals surface area contributed by atoms with E-state index in [2.05, 4.69) is 39.1 Å². The first-order valence-corrected chi connectivity index (χ1v) is 12.2. The minimum absolute atomic E-state index is 0.300. The van der Waals surface area contributed by atoms with E-state index in [4.69, 9.17) is 21.3 Å². The fourth-order valence-electron chi connectivity index (χ4n) is 4.33. The number of amides is 1. The number of halogens is 1. The van der Waals surface area contributed by atoms with Gasteiger partial charge in [-0.2, -0.15) is 0 Å². The summed E-state index contributed by atoms with van der Waals surface area (Å²) in [4.78, 5) is 25.7. The molecule has 0 atom stereocenters. The van der Waals surface area contributed by atoms with Crippen molar-refractivity contribution in [2.75, 3.05) is 31.1 Å². The van der Waals surface area contributed by atoms with Crippen molar-refractivity contribution >= 4 is 29.3 Å². The van der Waals surface area contributed by atoms with Gasteiger partial charge in [0.15, 0.2) is 5.65 Å². The number of rotatable bonds is 3. The molecule has 1 aromatic carbocycles. The molecule has 4 heterocycles. The number of benzene rings is 1. The van der Waals surface area contributed by atoms with E-state index in [9.17, 15) is 4.79 Å². The van der Waals surface area contributed by atoms with E-state index in [0.717, 1.165) is 27.9 Å². The Hall–Kier alpha value is -3.72. The Morgan fingerprint density at radius 2 is 1.83 bits per heavy atom. The number of pyridine rings is 1. The minimum atomic E-state index is -0.531. The molecule has 1 aliphatic heterocycles. The maximum Gasteiger partial charge on any atom is 0.410 e. The number of carbonyl (C=O) groups excluding carboxylic acids is 1. The molecule has 1 aliphatic rings. The number of nitrogens with zero attached hydrogens (tertiary/aromatic N) is 7. The fraction of sp³-hybridized carbons (Fsp3) is 0.346. The van der Waals surface area contributed by atoms with Gasteiger partial charge in [0.1, 0.15) is 17.1 Å². The van der Waals surface area contributed by atoms with Gasteiger partial charge in [0.2, 0.25) is 5.95 Å². The van der Waals surface area contributed by atoms with Gasteiger partial charge in [-0.25, -0.2) is 14.8 Å². The summed E-state index contributed by atoms with van der Waals surface area (Å²) in [6, 6.07) is 11.9. The highest BCUT2D eigenvalue weighted by atomic mass is 35.5. The van der Waals surface area contributed by atoms with Gasteiger partial charge in [-0.15, -0.1) is 10.2 Å². The van der Waals surface area contributed by atoms with Crippen LogP contribution in [-0.2, 0) is 4.74 Å². The van der Waals surface area contributed by atoms with E-state index in [0.29, 0.717) is 42.9 Å². The van der Waals surface area contributed by atoms with Crippen LogP contribution in [0.15, 0.2) is 48.9 Å². The van der Waals surface area contributed by atoms with Gasteiger partial charge in [-0.3, -0.25) is 4.40 Å². The average molecular weight is 506 g/mol. The zero-order valence-corrected chi connectivity index (χ0v) is 21.5. The van der Waals surface area contributed by atoms with Crippen molar-refractivity contribution in [3.8, 4) is 22.4 Å². The second-order valence-corrected chi connectivity index (χ2v) is 10.2.